The number of likely N-dealkylation sites (tertiary alicyclic amines) is 1. The summed E-state index contributed by atoms with van der Waals surface area (Å²) in [5.74, 6) is -7.25. The van der Waals surface area contributed by atoms with E-state index in [0.717, 1.165) is 19.6 Å². The minimum atomic E-state index is -2.70. The summed E-state index contributed by atoms with van der Waals surface area (Å²) >= 11 is 0. The molecule has 12 heteroatoms. The third-order valence-electron chi connectivity index (χ3n) is 9.95. The lowest BCUT2D eigenvalue weighted by Crippen LogP contribution is -2.65. The second kappa shape index (κ2) is 11.7. The number of amides is 2. The number of nitrogens with zero attached hydrogens (tertiary/aromatic N) is 2. The average Bonchev–Trinajstić information content (AvgIpc) is 3.52. The fraction of sp³-hybridized carbons (Fsp3) is 0.412. The number of primary amides is 1. The number of Topliss-reactive ketones (excluding diaryl/α,β-unsaturated/α-hetero) is 2. The second-order valence-corrected chi connectivity index (χ2v) is 12.8. The SMILES string of the molecule is CN(C)[C@@H]1C(=O)C(C(N)=O)=C(O)[C@@]2(O)C(=O)C3=C(O)c4c(O)ccc(-c5cccc(C(=O)NCCN6CCCC6)c5)c4C[C@H]3C[C@@H]12. The summed E-state index contributed by atoms with van der Waals surface area (Å²) < 4.78 is 0. The lowest BCUT2D eigenvalue weighted by atomic mass is 9.57. The molecule has 3 aliphatic carbocycles. The van der Waals surface area contributed by atoms with Gasteiger partial charge in [-0.1, -0.05) is 18.2 Å². The van der Waals surface area contributed by atoms with E-state index >= 15 is 0 Å². The predicted molar refractivity (Wildman–Crippen MR) is 168 cm³/mol. The van der Waals surface area contributed by atoms with Gasteiger partial charge in [0, 0.05) is 30.1 Å². The molecule has 2 aromatic rings. The largest absolute Gasteiger partial charge is 0.508 e. The molecule has 1 saturated heterocycles. The zero-order valence-electron chi connectivity index (χ0n) is 25.7. The lowest BCUT2D eigenvalue weighted by Gasteiger charge is -2.50. The fourth-order valence-electron chi connectivity index (χ4n) is 7.78. The van der Waals surface area contributed by atoms with Crippen molar-refractivity contribution in [3.8, 4) is 16.9 Å². The molecule has 2 fully saturated rings. The molecule has 2 amide bonds. The number of hydrogen-bond acceptors (Lipinski definition) is 10. The number of hydrogen-bond donors (Lipinski definition) is 6. The van der Waals surface area contributed by atoms with E-state index in [1.807, 2.05) is 6.07 Å². The lowest BCUT2D eigenvalue weighted by molar-refractivity contribution is -0.153. The molecule has 12 nitrogen and oxygen atoms in total. The van der Waals surface area contributed by atoms with Crippen LogP contribution in [0.2, 0.25) is 0 Å². The Morgan fingerprint density at radius 1 is 1.09 bits per heavy atom. The topological polar surface area (TPSA) is 194 Å². The van der Waals surface area contributed by atoms with Crippen LogP contribution in [0, 0.1) is 11.8 Å². The molecule has 1 heterocycles. The van der Waals surface area contributed by atoms with Crippen molar-refractivity contribution in [2.24, 2.45) is 17.6 Å². The number of carbonyl (C=O) groups is 4. The minimum absolute atomic E-state index is 0.00532. The Hall–Kier alpha value is -4.52. The van der Waals surface area contributed by atoms with E-state index in [4.69, 9.17) is 5.73 Å². The molecule has 0 unspecified atom stereocenters. The maximum Gasteiger partial charge on any atom is 0.255 e. The molecule has 0 aromatic heterocycles. The normalized spacial score (nSPS) is 26.2. The number of phenolic OH excluding ortho intramolecular Hbond substituents is 1. The summed E-state index contributed by atoms with van der Waals surface area (Å²) in [5, 5.41) is 48.3. The van der Waals surface area contributed by atoms with Gasteiger partial charge in [-0.2, -0.15) is 0 Å². The molecular weight excluding hydrogens is 592 g/mol. The number of rotatable bonds is 7. The third-order valence-corrected chi connectivity index (χ3v) is 9.95. The monoisotopic (exact) mass is 630 g/mol. The van der Waals surface area contributed by atoms with Crippen LogP contribution >= 0.6 is 0 Å². The maximum atomic E-state index is 14.1. The molecule has 1 saturated carbocycles. The number of nitrogens with two attached hydrogens (primary N) is 1. The molecule has 6 rings (SSSR count). The van der Waals surface area contributed by atoms with Crippen molar-refractivity contribution in [3.63, 3.8) is 0 Å². The number of ketones is 2. The number of phenols is 1. The number of aliphatic hydroxyl groups excluding tert-OH is 2. The first-order valence-electron chi connectivity index (χ1n) is 15.5. The van der Waals surface area contributed by atoms with Crippen molar-refractivity contribution in [3.05, 3.63) is 70.0 Å². The van der Waals surface area contributed by atoms with Crippen LogP contribution in [0.4, 0.5) is 0 Å². The van der Waals surface area contributed by atoms with E-state index in [1.54, 1.807) is 38.4 Å². The molecule has 1 aliphatic heterocycles. The van der Waals surface area contributed by atoms with Crippen molar-refractivity contribution in [1.82, 2.24) is 15.1 Å². The zero-order valence-corrected chi connectivity index (χ0v) is 25.7. The predicted octanol–water partition coefficient (Wildman–Crippen LogP) is 1.46. The second-order valence-electron chi connectivity index (χ2n) is 12.8. The summed E-state index contributed by atoms with van der Waals surface area (Å²) in [6.45, 7) is 3.36. The molecule has 0 radical (unpaired) electrons. The summed E-state index contributed by atoms with van der Waals surface area (Å²) in [7, 11) is 3.11. The minimum Gasteiger partial charge on any atom is -0.508 e. The van der Waals surface area contributed by atoms with Crippen molar-refractivity contribution in [1.29, 1.82) is 0 Å². The van der Waals surface area contributed by atoms with Crippen LogP contribution in [0.3, 0.4) is 0 Å². The maximum absolute atomic E-state index is 14.1. The number of nitrogens with one attached hydrogen (secondary N) is 1. The first-order chi connectivity index (χ1) is 21.9. The van der Waals surface area contributed by atoms with Crippen molar-refractivity contribution in [2.75, 3.05) is 40.3 Å². The molecule has 0 bridgehead atoms. The van der Waals surface area contributed by atoms with Crippen molar-refractivity contribution in [2.45, 2.75) is 37.3 Å². The number of fused-ring (bicyclic) bond motifs is 3. The van der Waals surface area contributed by atoms with Gasteiger partial charge in [-0.05, 0) is 93.7 Å². The van der Waals surface area contributed by atoms with Crippen LogP contribution in [0.25, 0.3) is 16.9 Å². The Kier molecular flexibility index (Phi) is 7.99. The van der Waals surface area contributed by atoms with Crippen LogP contribution in [0.15, 0.2) is 53.3 Å². The van der Waals surface area contributed by atoms with E-state index in [2.05, 4.69) is 10.2 Å². The van der Waals surface area contributed by atoms with Gasteiger partial charge in [-0.25, -0.2) is 0 Å². The van der Waals surface area contributed by atoms with Gasteiger partial charge in [-0.3, -0.25) is 24.1 Å². The van der Waals surface area contributed by atoms with Crippen LogP contribution in [0.5, 0.6) is 5.75 Å². The molecule has 2 aromatic carbocycles. The highest BCUT2D eigenvalue weighted by atomic mass is 16.3. The summed E-state index contributed by atoms with van der Waals surface area (Å²) in [4.78, 5) is 56.4. The van der Waals surface area contributed by atoms with Gasteiger partial charge in [0.2, 0.25) is 5.78 Å². The molecular formula is C34H38N4O8. The van der Waals surface area contributed by atoms with Gasteiger partial charge in [0.15, 0.2) is 11.4 Å². The highest BCUT2D eigenvalue weighted by Crippen LogP contribution is 2.53. The molecule has 4 aliphatic rings. The van der Waals surface area contributed by atoms with E-state index in [-0.39, 0.29) is 35.6 Å². The van der Waals surface area contributed by atoms with Crippen molar-refractivity contribution < 1.29 is 39.6 Å². The van der Waals surface area contributed by atoms with Crippen LogP contribution in [-0.4, -0.2) is 106 Å². The Balaban J connectivity index is 1.39. The number of benzene rings is 2. The Labute approximate surface area is 265 Å². The number of likely N-dealkylation sites (N-methyl/N-ethyl adjacent to an activating group) is 1. The molecule has 242 valence electrons. The van der Waals surface area contributed by atoms with Gasteiger partial charge >= 0.3 is 0 Å². The molecule has 46 heavy (non-hydrogen) atoms. The van der Waals surface area contributed by atoms with Gasteiger partial charge in [-0.15, -0.1) is 0 Å². The number of aliphatic hydroxyl groups is 3. The quantitative estimate of drug-likeness (QED) is 0.244. The summed E-state index contributed by atoms with van der Waals surface area (Å²) in [6, 6.07) is 8.89. The van der Waals surface area contributed by atoms with Crippen LogP contribution in [-0.2, 0) is 20.8 Å². The van der Waals surface area contributed by atoms with E-state index < -0.39 is 58.0 Å². The molecule has 4 atom stereocenters. The first-order valence-corrected chi connectivity index (χ1v) is 15.5. The Morgan fingerprint density at radius 3 is 2.48 bits per heavy atom. The molecule has 7 N–H and O–H groups in total. The van der Waals surface area contributed by atoms with Crippen LogP contribution in [0.1, 0.15) is 40.7 Å². The Bertz CT molecular complexity index is 1720. The van der Waals surface area contributed by atoms with Crippen molar-refractivity contribution >= 4 is 29.1 Å². The highest BCUT2D eigenvalue weighted by Gasteiger charge is 2.64. The van der Waals surface area contributed by atoms with Gasteiger partial charge in [0.05, 0.1) is 11.6 Å². The fourth-order valence-corrected chi connectivity index (χ4v) is 7.78. The van der Waals surface area contributed by atoms with Crippen LogP contribution < -0.4 is 11.1 Å². The molecule has 0 spiro atoms. The van der Waals surface area contributed by atoms with E-state index in [0.29, 0.717) is 28.8 Å². The third kappa shape index (κ3) is 4.88. The van der Waals surface area contributed by atoms with E-state index in [1.165, 1.54) is 23.8 Å². The van der Waals surface area contributed by atoms with Gasteiger partial charge in [0.1, 0.15) is 22.8 Å². The average molecular weight is 631 g/mol. The first kappa shape index (κ1) is 31.5. The summed E-state index contributed by atoms with van der Waals surface area (Å²) in [5.41, 5.74) is 3.86. The zero-order chi connectivity index (χ0) is 33.1. The highest BCUT2D eigenvalue weighted by molar-refractivity contribution is 6.24. The number of carbonyl (C=O) groups excluding carboxylic acids is 4. The Morgan fingerprint density at radius 2 is 1.80 bits per heavy atom. The van der Waals surface area contributed by atoms with Gasteiger partial charge < -0.3 is 36.4 Å². The summed E-state index contributed by atoms with van der Waals surface area (Å²) in [6.07, 6.45) is 2.46. The number of aromatic hydroxyl groups is 1. The smallest absolute Gasteiger partial charge is 0.255 e. The van der Waals surface area contributed by atoms with Gasteiger partial charge in [0.25, 0.3) is 11.8 Å². The van der Waals surface area contributed by atoms with E-state index in [9.17, 15) is 39.6 Å². The standard InChI is InChI=1S/C34H38N4O8/c1-37(2)27-22-16-19-15-21-20(17-6-5-7-18(14-17)33(45)36-10-13-38-11-3-4-12-38)8-9-23(39)25(21)28(40)24(19)30(42)34(22,46)31(43)26(29(27)41)32(35)44/h5-9,14,19,22,27,39-40,43,46H,3-4,10-13,15-16H2,1-2H3,(H2,35,44)(H,36,45)/t19-,22-,27-,34-/m0/s1.